The number of ether oxygens (including phenoxy) is 1. The van der Waals surface area contributed by atoms with Crippen LogP contribution in [-0.4, -0.2) is 31.2 Å². The number of carbonyl (C=O) groups is 1. The number of nitrogens with zero attached hydrogens (tertiary/aromatic N) is 1. The second-order valence-electron chi connectivity index (χ2n) is 5.46. The zero-order valence-corrected chi connectivity index (χ0v) is 15.0. The maximum atomic E-state index is 11.5. The van der Waals surface area contributed by atoms with Gasteiger partial charge in [-0.05, 0) is 31.3 Å². The van der Waals surface area contributed by atoms with Crippen molar-refractivity contribution in [1.82, 2.24) is 4.90 Å². The smallest absolute Gasteiger partial charge is 0.409 e. The third-order valence-corrected chi connectivity index (χ3v) is 3.09. The van der Waals surface area contributed by atoms with Crippen LogP contribution in [0.3, 0.4) is 0 Å². The van der Waals surface area contributed by atoms with E-state index in [9.17, 15) is 4.79 Å². The van der Waals surface area contributed by atoms with E-state index in [1.54, 1.807) is 18.9 Å². The summed E-state index contributed by atoms with van der Waals surface area (Å²) in [5.74, 6) is 0. The standard InChI is InChI=1S/C16H27NO2.C2H6/c1-8-19-15(18)17(7)12-11-16(5,6)14(4)10-9-13(2)3;1-2/h9-10H,2,4,8,11-12H2,1,3,5-7H3;1-2H3/b10-9-;. The third kappa shape index (κ3) is 9.94. The summed E-state index contributed by atoms with van der Waals surface area (Å²) in [7, 11) is 1.75. The topological polar surface area (TPSA) is 29.5 Å². The molecule has 0 aromatic heterocycles. The zero-order valence-electron chi connectivity index (χ0n) is 15.0. The lowest BCUT2D eigenvalue weighted by Gasteiger charge is -2.28. The van der Waals surface area contributed by atoms with E-state index in [4.69, 9.17) is 4.74 Å². The second kappa shape index (κ2) is 11.2. The summed E-state index contributed by atoms with van der Waals surface area (Å²) < 4.78 is 4.95. The maximum Gasteiger partial charge on any atom is 0.409 e. The fourth-order valence-corrected chi connectivity index (χ4v) is 1.40. The van der Waals surface area contributed by atoms with E-state index < -0.39 is 0 Å². The van der Waals surface area contributed by atoms with Crippen LogP contribution in [0.15, 0.2) is 36.5 Å². The average molecular weight is 295 g/mol. The van der Waals surface area contributed by atoms with E-state index in [2.05, 4.69) is 27.0 Å². The zero-order chi connectivity index (χ0) is 17.1. The van der Waals surface area contributed by atoms with E-state index >= 15 is 0 Å². The lowest BCUT2D eigenvalue weighted by Crippen LogP contribution is -2.31. The van der Waals surface area contributed by atoms with Crippen molar-refractivity contribution < 1.29 is 9.53 Å². The van der Waals surface area contributed by atoms with E-state index in [0.717, 1.165) is 17.6 Å². The van der Waals surface area contributed by atoms with Gasteiger partial charge in [0.2, 0.25) is 0 Å². The molecule has 0 N–H and O–H groups in total. The van der Waals surface area contributed by atoms with Crippen molar-refractivity contribution in [1.29, 1.82) is 0 Å². The van der Waals surface area contributed by atoms with E-state index in [1.165, 1.54) is 0 Å². The Bertz CT molecular complexity index is 367. The van der Waals surface area contributed by atoms with Gasteiger partial charge in [-0.25, -0.2) is 4.79 Å². The molecule has 0 saturated carbocycles. The Balaban J connectivity index is 0. The molecule has 0 atom stereocenters. The molecular formula is C18H33NO2. The number of hydrogen-bond donors (Lipinski definition) is 0. The number of hydrogen-bond acceptors (Lipinski definition) is 2. The number of carbonyl (C=O) groups excluding carboxylic acids is 1. The van der Waals surface area contributed by atoms with Crippen molar-refractivity contribution in [3.8, 4) is 0 Å². The summed E-state index contributed by atoms with van der Waals surface area (Å²) in [6.07, 6.45) is 4.51. The molecule has 0 unspecified atom stereocenters. The van der Waals surface area contributed by atoms with Crippen molar-refractivity contribution in [2.75, 3.05) is 20.2 Å². The lowest BCUT2D eigenvalue weighted by atomic mass is 9.81. The van der Waals surface area contributed by atoms with Gasteiger partial charge in [-0.3, -0.25) is 0 Å². The van der Waals surface area contributed by atoms with Gasteiger partial charge >= 0.3 is 6.09 Å². The molecule has 0 rings (SSSR count). The first-order chi connectivity index (χ1) is 9.70. The number of rotatable bonds is 7. The largest absolute Gasteiger partial charge is 0.450 e. The highest BCUT2D eigenvalue weighted by Crippen LogP contribution is 2.30. The van der Waals surface area contributed by atoms with Crippen LogP contribution in [0.2, 0.25) is 0 Å². The Labute approximate surface area is 131 Å². The highest BCUT2D eigenvalue weighted by Gasteiger charge is 2.22. The molecule has 0 saturated heterocycles. The van der Waals surface area contributed by atoms with Gasteiger partial charge in [-0.15, -0.1) is 0 Å². The lowest BCUT2D eigenvalue weighted by molar-refractivity contribution is 0.113. The summed E-state index contributed by atoms with van der Waals surface area (Å²) >= 11 is 0. The first-order valence-corrected chi connectivity index (χ1v) is 7.61. The van der Waals surface area contributed by atoms with Gasteiger partial charge in [-0.1, -0.05) is 58.6 Å². The van der Waals surface area contributed by atoms with Crippen molar-refractivity contribution in [3.63, 3.8) is 0 Å². The van der Waals surface area contributed by atoms with Crippen molar-refractivity contribution in [2.24, 2.45) is 5.41 Å². The van der Waals surface area contributed by atoms with E-state index in [-0.39, 0.29) is 11.5 Å². The SMILES string of the molecule is C=C(C)/C=C\C(=C)C(C)(C)CCN(C)C(=O)OCC.CC. The van der Waals surface area contributed by atoms with E-state index in [1.807, 2.05) is 32.9 Å². The van der Waals surface area contributed by atoms with E-state index in [0.29, 0.717) is 13.2 Å². The molecule has 0 aliphatic carbocycles. The number of amides is 1. The Morgan fingerprint density at radius 1 is 1.24 bits per heavy atom. The molecule has 0 fully saturated rings. The highest BCUT2D eigenvalue weighted by atomic mass is 16.5. The van der Waals surface area contributed by atoms with Crippen LogP contribution in [-0.2, 0) is 4.74 Å². The molecule has 0 aliphatic rings. The fourth-order valence-electron chi connectivity index (χ4n) is 1.40. The molecule has 0 heterocycles. The summed E-state index contributed by atoms with van der Waals surface area (Å²) in [5.41, 5.74) is 1.97. The quantitative estimate of drug-likeness (QED) is 0.604. The van der Waals surface area contributed by atoms with Crippen molar-refractivity contribution in [2.45, 2.75) is 48.0 Å². The van der Waals surface area contributed by atoms with Gasteiger partial charge in [0.1, 0.15) is 0 Å². The van der Waals surface area contributed by atoms with Gasteiger partial charge < -0.3 is 9.64 Å². The molecule has 0 radical (unpaired) electrons. The maximum absolute atomic E-state index is 11.5. The van der Waals surface area contributed by atoms with Crippen LogP contribution in [0.4, 0.5) is 4.79 Å². The van der Waals surface area contributed by atoms with Crippen molar-refractivity contribution in [3.05, 3.63) is 36.5 Å². The highest BCUT2D eigenvalue weighted by molar-refractivity contribution is 5.67. The van der Waals surface area contributed by atoms with Gasteiger partial charge in [0.05, 0.1) is 6.61 Å². The minimum absolute atomic E-state index is 0.0628. The third-order valence-electron chi connectivity index (χ3n) is 3.09. The van der Waals surface area contributed by atoms with Crippen LogP contribution >= 0.6 is 0 Å². The normalized spacial score (nSPS) is 10.6. The van der Waals surface area contributed by atoms with Crippen LogP contribution in [0.5, 0.6) is 0 Å². The molecule has 3 heteroatoms. The second-order valence-corrected chi connectivity index (χ2v) is 5.46. The molecular weight excluding hydrogens is 262 g/mol. The average Bonchev–Trinajstić information content (AvgIpc) is 2.44. The minimum atomic E-state index is -0.276. The predicted molar refractivity (Wildman–Crippen MR) is 92.5 cm³/mol. The Hall–Kier alpha value is -1.51. The van der Waals surface area contributed by atoms with Gasteiger partial charge in [0.25, 0.3) is 0 Å². The molecule has 0 aromatic rings. The molecule has 3 nitrogen and oxygen atoms in total. The first-order valence-electron chi connectivity index (χ1n) is 7.61. The molecule has 0 spiro atoms. The summed E-state index contributed by atoms with van der Waals surface area (Å²) in [6.45, 7) is 21.0. The van der Waals surface area contributed by atoms with Gasteiger partial charge in [-0.2, -0.15) is 0 Å². The number of allylic oxidation sites excluding steroid dienone is 4. The monoisotopic (exact) mass is 295 g/mol. The Morgan fingerprint density at radius 2 is 1.76 bits per heavy atom. The molecule has 1 amide bonds. The van der Waals surface area contributed by atoms with Crippen LogP contribution in [0.25, 0.3) is 0 Å². The molecule has 21 heavy (non-hydrogen) atoms. The Morgan fingerprint density at radius 3 is 2.19 bits per heavy atom. The minimum Gasteiger partial charge on any atom is -0.450 e. The van der Waals surface area contributed by atoms with Crippen LogP contribution in [0, 0.1) is 5.41 Å². The Kier molecular flexibility index (Phi) is 11.6. The fraction of sp³-hybridized carbons (Fsp3) is 0.611. The molecule has 0 aromatic carbocycles. The van der Waals surface area contributed by atoms with Crippen LogP contribution < -0.4 is 0 Å². The van der Waals surface area contributed by atoms with Gasteiger partial charge in [0, 0.05) is 13.6 Å². The molecule has 122 valence electrons. The van der Waals surface area contributed by atoms with Crippen LogP contribution in [0.1, 0.15) is 48.0 Å². The summed E-state index contributed by atoms with van der Waals surface area (Å²) in [5, 5.41) is 0. The molecule has 0 aliphatic heterocycles. The van der Waals surface area contributed by atoms with Crippen molar-refractivity contribution >= 4 is 6.09 Å². The summed E-state index contributed by atoms with van der Waals surface area (Å²) in [6, 6.07) is 0. The molecule has 0 bridgehead atoms. The predicted octanol–water partition coefficient (Wildman–Crippen LogP) is 5.21. The first kappa shape index (κ1) is 21.8. The van der Waals surface area contributed by atoms with Gasteiger partial charge in [0.15, 0.2) is 0 Å². The summed E-state index contributed by atoms with van der Waals surface area (Å²) in [4.78, 5) is 13.1.